The second kappa shape index (κ2) is 11.7. The van der Waals surface area contributed by atoms with Crippen molar-refractivity contribution in [3.8, 4) is 11.4 Å². The number of benzene rings is 2. The molecule has 0 unspecified atom stereocenters. The maximum absolute atomic E-state index is 12.3. The Labute approximate surface area is 260 Å². The van der Waals surface area contributed by atoms with E-state index in [1.807, 2.05) is 13.0 Å². The SMILES string of the molecule is Cc1cccc(Cl)c1-n1c(N)c2cnc(Cl)nc2nc1=O.Nc1c2cnc(Cl)nc2nc(=O)n1-c1c(Cl)cccc1Cl. The molecule has 0 radical (unpaired) electrons. The van der Waals surface area contributed by atoms with Crippen LogP contribution in [0.3, 0.4) is 0 Å². The van der Waals surface area contributed by atoms with Gasteiger partial charge in [-0.25, -0.2) is 28.7 Å². The number of aryl methyl sites for hydroxylation is 1. The average molecular weight is 665 g/mol. The third-order valence-corrected chi connectivity index (χ3v) is 7.15. The molecule has 2 aromatic carbocycles. The number of para-hydroxylation sites is 2. The van der Waals surface area contributed by atoms with Crippen molar-refractivity contribution in [2.24, 2.45) is 0 Å². The lowest BCUT2D eigenvalue weighted by Crippen LogP contribution is -2.25. The lowest BCUT2D eigenvalue weighted by molar-refractivity contribution is 0.931. The predicted octanol–water partition coefficient (Wildman–Crippen LogP) is 5.09. The second-order valence-corrected chi connectivity index (χ2v) is 10.4. The number of hydrogen-bond donors (Lipinski definition) is 2. The molecule has 6 rings (SSSR count). The Kier molecular flexibility index (Phi) is 8.17. The molecule has 0 spiro atoms. The summed E-state index contributed by atoms with van der Waals surface area (Å²) in [5.41, 5.74) is 12.7. The molecule has 0 amide bonds. The highest BCUT2D eigenvalue weighted by atomic mass is 35.5. The highest BCUT2D eigenvalue weighted by Crippen LogP contribution is 2.30. The molecule has 42 heavy (non-hydrogen) atoms. The van der Waals surface area contributed by atoms with Gasteiger partial charge in [0.1, 0.15) is 11.6 Å². The molecule has 0 bridgehead atoms. The lowest BCUT2D eigenvalue weighted by atomic mass is 10.2. The molecule has 0 fully saturated rings. The summed E-state index contributed by atoms with van der Waals surface area (Å²) in [5.74, 6) is 0.245. The van der Waals surface area contributed by atoms with Crippen LogP contribution >= 0.6 is 58.0 Å². The molecular weight excluding hydrogens is 650 g/mol. The molecule has 4 heterocycles. The Balaban J connectivity index is 0.000000168. The number of nitrogens with two attached hydrogens (primary N) is 2. The summed E-state index contributed by atoms with van der Waals surface area (Å²) < 4.78 is 2.36. The largest absolute Gasteiger partial charge is 0.384 e. The zero-order valence-electron chi connectivity index (χ0n) is 21.1. The number of aromatic nitrogens is 8. The first-order valence-electron chi connectivity index (χ1n) is 11.6. The molecule has 0 atom stereocenters. The van der Waals surface area contributed by atoms with Crippen molar-refractivity contribution >= 4 is 91.7 Å². The van der Waals surface area contributed by atoms with Crippen molar-refractivity contribution in [1.82, 2.24) is 39.0 Å². The summed E-state index contributed by atoms with van der Waals surface area (Å²) in [4.78, 5) is 47.7. The molecule has 0 aliphatic heterocycles. The molecule has 12 nitrogen and oxygen atoms in total. The molecule has 0 saturated heterocycles. The molecule has 4 aromatic heterocycles. The van der Waals surface area contributed by atoms with E-state index in [0.29, 0.717) is 21.5 Å². The van der Waals surface area contributed by atoms with E-state index in [0.717, 1.165) is 10.1 Å². The van der Waals surface area contributed by atoms with Crippen LogP contribution in [0.2, 0.25) is 25.6 Å². The van der Waals surface area contributed by atoms with Crippen LogP contribution in [-0.4, -0.2) is 39.0 Å². The van der Waals surface area contributed by atoms with Gasteiger partial charge in [0.05, 0.1) is 37.2 Å². The smallest absolute Gasteiger partial charge is 0.355 e. The van der Waals surface area contributed by atoms with Crippen molar-refractivity contribution < 1.29 is 0 Å². The van der Waals surface area contributed by atoms with Gasteiger partial charge >= 0.3 is 11.4 Å². The Hall–Kier alpha value is -4.07. The van der Waals surface area contributed by atoms with E-state index in [1.54, 1.807) is 30.3 Å². The standard InChI is InChI=1S/C13H9Cl2N5O.C12H6Cl3N5O/c1-6-3-2-4-8(14)9(6)20-10(16)7-5-17-12(15)18-11(7)19-13(20)21;13-6-2-1-3-7(14)8(6)20-9(16)5-4-17-11(15)18-10(5)19-12(20)21/h2-5H,16H2,1H3;1-4H,16H2. The monoisotopic (exact) mass is 662 g/mol. The summed E-state index contributed by atoms with van der Waals surface area (Å²) in [7, 11) is 0. The van der Waals surface area contributed by atoms with Crippen LogP contribution < -0.4 is 22.8 Å². The van der Waals surface area contributed by atoms with Gasteiger partial charge in [0.15, 0.2) is 11.3 Å². The minimum absolute atomic E-state index is 0.000439. The number of halogens is 5. The fraction of sp³-hybridized carbons (Fsp3) is 0.0400. The Bertz CT molecular complexity index is 1960. The van der Waals surface area contributed by atoms with Gasteiger partial charge in [-0.1, -0.05) is 53.0 Å². The Morgan fingerprint density at radius 1 is 0.619 bits per heavy atom. The molecule has 212 valence electrons. The van der Waals surface area contributed by atoms with Crippen molar-refractivity contribution in [3.63, 3.8) is 0 Å². The summed E-state index contributed by atoms with van der Waals surface area (Å²) >= 11 is 29.8. The van der Waals surface area contributed by atoms with Gasteiger partial charge in [0, 0.05) is 12.4 Å². The predicted molar refractivity (Wildman–Crippen MR) is 164 cm³/mol. The van der Waals surface area contributed by atoms with Gasteiger partial charge in [-0.2, -0.15) is 19.9 Å². The molecule has 4 N–H and O–H groups in total. The number of hydrogen-bond acceptors (Lipinski definition) is 10. The normalized spacial score (nSPS) is 11.0. The minimum atomic E-state index is -0.662. The van der Waals surface area contributed by atoms with Crippen LogP contribution in [0.15, 0.2) is 58.4 Å². The first kappa shape index (κ1) is 29.4. The van der Waals surface area contributed by atoms with Gasteiger partial charge in [-0.15, -0.1) is 0 Å². The summed E-state index contributed by atoms with van der Waals surface area (Å²) in [6.07, 6.45) is 2.81. The quantitative estimate of drug-likeness (QED) is 0.237. The Morgan fingerprint density at radius 2 is 1.02 bits per heavy atom. The highest BCUT2D eigenvalue weighted by Gasteiger charge is 2.18. The van der Waals surface area contributed by atoms with Crippen LogP contribution in [0.1, 0.15) is 5.56 Å². The average Bonchev–Trinajstić information content (AvgIpc) is 2.92. The van der Waals surface area contributed by atoms with E-state index in [9.17, 15) is 9.59 Å². The van der Waals surface area contributed by atoms with Gasteiger partial charge in [0.2, 0.25) is 10.6 Å². The fourth-order valence-electron chi connectivity index (χ4n) is 4.01. The molecule has 6 aromatic rings. The molecule has 0 aliphatic rings. The lowest BCUT2D eigenvalue weighted by Gasteiger charge is -2.14. The van der Waals surface area contributed by atoms with Crippen molar-refractivity contribution in [2.75, 3.05) is 11.5 Å². The van der Waals surface area contributed by atoms with Gasteiger partial charge in [0.25, 0.3) is 0 Å². The third kappa shape index (κ3) is 5.42. The topological polar surface area (TPSA) is 173 Å². The van der Waals surface area contributed by atoms with Gasteiger partial charge in [-0.3, -0.25) is 0 Å². The van der Waals surface area contributed by atoms with Crippen LogP contribution in [0.4, 0.5) is 11.6 Å². The summed E-state index contributed by atoms with van der Waals surface area (Å²) in [6.45, 7) is 1.83. The Morgan fingerprint density at radius 3 is 1.48 bits per heavy atom. The van der Waals surface area contributed by atoms with Crippen molar-refractivity contribution in [2.45, 2.75) is 6.92 Å². The van der Waals surface area contributed by atoms with Crippen LogP contribution in [0.25, 0.3) is 33.4 Å². The molecule has 17 heteroatoms. The molecule has 0 saturated carbocycles. The van der Waals surface area contributed by atoms with E-state index in [4.69, 9.17) is 69.5 Å². The van der Waals surface area contributed by atoms with Crippen molar-refractivity contribution in [1.29, 1.82) is 0 Å². The molecular formula is C25H15Cl5N10O2. The van der Waals surface area contributed by atoms with E-state index in [-0.39, 0.29) is 49.2 Å². The minimum Gasteiger partial charge on any atom is -0.384 e. The first-order chi connectivity index (χ1) is 20.0. The van der Waals surface area contributed by atoms with Crippen LogP contribution in [0, 0.1) is 6.92 Å². The zero-order valence-corrected chi connectivity index (χ0v) is 24.8. The zero-order chi connectivity index (χ0) is 30.3. The van der Waals surface area contributed by atoms with Crippen molar-refractivity contribution in [3.05, 3.63) is 101 Å². The van der Waals surface area contributed by atoms with E-state index < -0.39 is 11.4 Å². The third-order valence-electron chi connectivity index (χ3n) is 5.87. The second-order valence-electron chi connectivity index (χ2n) is 8.46. The van der Waals surface area contributed by atoms with E-state index >= 15 is 0 Å². The maximum Gasteiger partial charge on any atom is 0.355 e. The summed E-state index contributed by atoms with van der Waals surface area (Å²) in [6, 6.07) is 10.1. The molecule has 0 aliphatic carbocycles. The number of nitrogens with zero attached hydrogens (tertiary/aromatic N) is 8. The van der Waals surface area contributed by atoms with Gasteiger partial charge < -0.3 is 11.5 Å². The van der Waals surface area contributed by atoms with Crippen LogP contribution in [0.5, 0.6) is 0 Å². The maximum atomic E-state index is 12.3. The van der Waals surface area contributed by atoms with Crippen LogP contribution in [-0.2, 0) is 0 Å². The number of fused-ring (bicyclic) bond motifs is 2. The number of rotatable bonds is 2. The van der Waals surface area contributed by atoms with Gasteiger partial charge in [-0.05, 0) is 53.9 Å². The number of anilines is 2. The van der Waals surface area contributed by atoms with E-state index in [2.05, 4.69) is 29.9 Å². The summed E-state index contributed by atoms with van der Waals surface area (Å²) in [5, 5.41) is 1.72. The first-order valence-corrected chi connectivity index (χ1v) is 13.5. The number of nitrogen functional groups attached to an aromatic ring is 2. The van der Waals surface area contributed by atoms with E-state index in [1.165, 1.54) is 17.0 Å². The highest BCUT2D eigenvalue weighted by molar-refractivity contribution is 6.37. The fourth-order valence-corrected chi connectivity index (χ4v) is 5.14.